The minimum Gasteiger partial charge on any atom is -0.351 e. The largest absolute Gasteiger partial charge is 0.351 e. The van der Waals surface area contributed by atoms with Gasteiger partial charge in [-0.2, -0.15) is 0 Å². The highest BCUT2D eigenvalue weighted by Crippen LogP contribution is 2.16. The van der Waals surface area contributed by atoms with E-state index < -0.39 is 0 Å². The second kappa shape index (κ2) is 5.65. The molecule has 2 heterocycles. The van der Waals surface area contributed by atoms with Crippen LogP contribution in [0.15, 0.2) is 6.07 Å². The van der Waals surface area contributed by atoms with Crippen LogP contribution in [0.3, 0.4) is 0 Å². The Morgan fingerprint density at radius 2 is 1.72 bits per heavy atom. The van der Waals surface area contributed by atoms with Gasteiger partial charge in [0, 0.05) is 36.6 Å². The first-order valence-electron chi connectivity index (χ1n) is 6.87. The lowest BCUT2D eigenvalue weighted by Crippen LogP contribution is -2.42. The molecular weight excluding hydrogens is 224 g/mol. The SMILES string of the molecule is Cc1cc(C)nc(NC2CCN(C(C)C)CC2)n1. The van der Waals surface area contributed by atoms with Crippen molar-refractivity contribution in [3.8, 4) is 0 Å². The van der Waals surface area contributed by atoms with Crippen molar-refractivity contribution in [1.29, 1.82) is 0 Å². The van der Waals surface area contributed by atoms with Crippen LogP contribution >= 0.6 is 0 Å². The highest BCUT2D eigenvalue weighted by molar-refractivity contribution is 5.29. The molecular formula is C14H24N4. The molecule has 0 unspecified atom stereocenters. The van der Waals surface area contributed by atoms with Gasteiger partial charge in [0.05, 0.1) is 0 Å². The molecule has 0 aromatic carbocycles. The minimum absolute atomic E-state index is 0.515. The van der Waals surface area contributed by atoms with E-state index in [1.807, 2.05) is 19.9 Å². The Morgan fingerprint density at radius 3 is 2.22 bits per heavy atom. The van der Waals surface area contributed by atoms with E-state index in [0.29, 0.717) is 12.1 Å². The molecule has 4 nitrogen and oxygen atoms in total. The summed E-state index contributed by atoms with van der Waals surface area (Å²) in [7, 11) is 0. The summed E-state index contributed by atoms with van der Waals surface area (Å²) in [6.45, 7) is 10.9. The van der Waals surface area contributed by atoms with Gasteiger partial charge in [-0.15, -0.1) is 0 Å². The summed E-state index contributed by atoms with van der Waals surface area (Å²) in [6.07, 6.45) is 2.35. The quantitative estimate of drug-likeness (QED) is 0.891. The predicted octanol–water partition coefficient (Wildman–Crippen LogP) is 2.38. The summed E-state index contributed by atoms with van der Waals surface area (Å²) in [5.74, 6) is 0.787. The molecule has 0 bridgehead atoms. The molecule has 18 heavy (non-hydrogen) atoms. The highest BCUT2D eigenvalue weighted by atomic mass is 15.2. The molecule has 0 radical (unpaired) electrons. The van der Waals surface area contributed by atoms with Crippen molar-refractivity contribution >= 4 is 5.95 Å². The maximum atomic E-state index is 4.45. The standard InChI is InChI=1S/C14H24N4/c1-10(2)18-7-5-13(6-8-18)17-14-15-11(3)9-12(4)16-14/h9-10,13H,5-8H2,1-4H3,(H,15,16,17). The molecule has 1 aliphatic heterocycles. The van der Waals surface area contributed by atoms with E-state index in [1.165, 1.54) is 25.9 Å². The van der Waals surface area contributed by atoms with Gasteiger partial charge in [0.15, 0.2) is 0 Å². The normalized spacial score (nSPS) is 18.3. The fraction of sp³-hybridized carbons (Fsp3) is 0.714. The topological polar surface area (TPSA) is 41.1 Å². The zero-order chi connectivity index (χ0) is 13.1. The molecule has 1 N–H and O–H groups in total. The second-order valence-electron chi connectivity index (χ2n) is 5.52. The van der Waals surface area contributed by atoms with Crippen molar-refractivity contribution < 1.29 is 0 Å². The highest BCUT2D eigenvalue weighted by Gasteiger charge is 2.21. The monoisotopic (exact) mass is 248 g/mol. The molecule has 4 heteroatoms. The van der Waals surface area contributed by atoms with Crippen molar-refractivity contribution in [2.75, 3.05) is 18.4 Å². The van der Waals surface area contributed by atoms with E-state index >= 15 is 0 Å². The van der Waals surface area contributed by atoms with Gasteiger partial charge in [-0.3, -0.25) is 0 Å². The number of piperidine rings is 1. The average molecular weight is 248 g/mol. The van der Waals surface area contributed by atoms with Crippen LogP contribution in [-0.2, 0) is 0 Å². The summed E-state index contributed by atoms with van der Waals surface area (Å²) in [5.41, 5.74) is 2.06. The van der Waals surface area contributed by atoms with E-state index in [-0.39, 0.29) is 0 Å². The van der Waals surface area contributed by atoms with Crippen LogP contribution in [0.25, 0.3) is 0 Å². The summed E-state index contributed by atoms with van der Waals surface area (Å²) in [4.78, 5) is 11.4. The maximum Gasteiger partial charge on any atom is 0.223 e. The van der Waals surface area contributed by atoms with Gasteiger partial charge in [-0.25, -0.2) is 9.97 Å². The van der Waals surface area contributed by atoms with Crippen molar-refractivity contribution in [1.82, 2.24) is 14.9 Å². The van der Waals surface area contributed by atoms with Crippen molar-refractivity contribution in [3.05, 3.63) is 17.5 Å². The van der Waals surface area contributed by atoms with E-state index in [2.05, 4.69) is 34.0 Å². The van der Waals surface area contributed by atoms with Crippen LogP contribution in [-0.4, -0.2) is 40.0 Å². The lowest BCUT2D eigenvalue weighted by molar-refractivity contribution is 0.177. The van der Waals surface area contributed by atoms with Gasteiger partial charge >= 0.3 is 0 Å². The molecule has 0 spiro atoms. The van der Waals surface area contributed by atoms with Gasteiger partial charge < -0.3 is 10.2 Å². The van der Waals surface area contributed by atoms with Crippen LogP contribution in [0.2, 0.25) is 0 Å². The Bertz CT molecular complexity index is 375. The van der Waals surface area contributed by atoms with E-state index in [0.717, 1.165) is 17.3 Å². The molecule has 1 aliphatic rings. The third-order valence-corrected chi connectivity index (χ3v) is 3.58. The lowest BCUT2D eigenvalue weighted by atomic mass is 10.0. The number of rotatable bonds is 3. The van der Waals surface area contributed by atoms with Gasteiger partial charge in [-0.1, -0.05) is 0 Å². The van der Waals surface area contributed by atoms with Gasteiger partial charge in [-0.05, 0) is 46.6 Å². The zero-order valence-electron chi connectivity index (χ0n) is 11.9. The fourth-order valence-electron chi connectivity index (χ4n) is 2.53. The molecule has 0 atom stereocenters. The number of hydrogen-bond donors (Lipinski definition) is 1. The molecule has 1 aromatic heterocycles. The molecule has 1 saturated heterocycles. The van der Waals surface area contributed by atoms with Crippen LogP contribution in [0, 0.1) is 13.8 Å². The smallest absolute Gasteiger partial charge is 0.223 e. The third-order valence-electron chi connectivity index (χ3n) is 3.58. The Hall–Kier alpha value is -1.16. The summed E-state index contributed by atoms with van der Waals surface area (Å²) >= 11 is 0. The first kappa shape index (κ1) is 13.3. The molecule has 2 rings (SSSR count). The number of hydrogen-bond acceptors (Lipinski definition) is 4. The van der Waals surface area contributed by atoms with Crippen LogP contribution < -0.4 is 5.32 Å². The summed E-state index contributed by atoms with van der Waals surface area (Å²) < 4.78 is 0. The Balaban J connectivity index is 1.91. The Morgan fingerprint density at radius 1 is 1.17 bits per heavy atom. The van der Waals surface area contributed by atoms with Gasteiger partial charge in [0.25, 0.3) is 0 Å². The molecule has 0 aliphatic carbocycles. The fourth-order valence-corrected chi connectivity index (χ4v) is 2.53. The van der Waals surface area contributed by atoms with Gasteiger partial charge in [0.1, 0.15) is 0 Å². The third kappa shape index (κ3) is 3.42. The number of anilines is 1. The molecule has 100 valence electrons. The number of aromatic nitrogens is 2. The van der Waals surface area contributed by atoms with Crippen molar-refractivity contribution in [2.24, 2.45) is 0 Å². The van der Waals surface area contributed by atoms with Crippen molar-refractivity contribution in [2.45, 2.75) is 52.6 Å². The van der Waals surface area contributed by atoms with Gasteiger partial charge in [0.2, 0.25) is 5.95 Å². The molecule has 0 amide bonds. The van der Waals surface area contributed by atoms with Crippen molar-refractivity contribution in [3.63, 3.8) is 0 Å². The number of nitrogens with one attached hydrogen (secondary N) is 1. The summed E-state index contributed by atoms with van der Waals surface area (Å²) in [5, 5.41) is 3.47. The van der Waals surface area contributed by atoms with E-state index in [4.69, 9.17) is 0 Å². The van der Waals surface area contributed by atoms with Crippen LogP contribution in [0.1, 0.15) is 38.1 Å². The Labute approximate surface area is 110 Å². The first-order chi connectivity index (χ1) is 8.54. The lowest BCUT2D eigenvalue weighted by Gasteiger charge is -2.34. The van der Waals surface area contributed by atoms with E-state index in [9.17, 15) is 0 Å². The van der Waals surface area contributed by atoms with E-state index in [1.54, 1.807) is 0 Å². The van der Waals surface area contributed by atoms with Crippen LogP contribution in [0.5, 0.6) is 0 Å². The number of nitrogens with zero attached hydrogens (tertiary/aromatic N) is 3. The molecule has 0 saturated carbocycles. The number of aryl methyl sites for hydroxylation is 2. The summed E-state index contributed by atoms with van der Waals surface area (Å²) in [6, 6.07) is 3.18. The zero-order valence-corrected chi connectivity index (χ0v) is 11.9. The maximum absolute atomic E-state index is 4.45. The predicted molar refractivity (Wildman–Crippen MR) is 74.9 cm³/mol. The van der Waals surface area contributed by atoms with Crippen LogP contribution in [0.4, 0.5) is 5.95 Å². The average Bonchev–Trinajstić information content (AvgIpc) is 2.28. The number of likely N-dealkylation sites (tertiary alicyclic amines) is 1. The molecule has 1 aromatic rings. The Kier molecular flexibility index (Phi) is 4.17. The first-order valence-corrected chi connectivity index (χ1v) is 6.87. The molecule has 1 fully saturated rings. The second-order valence-corrected chi connectivity index (χ2v) is 5.52. The minimum atomic E-state index is 0.515.